The Morgan fingerprint density at radius 1 is 1.47 bits per heavy atom. The Kier molecular flexibility index (Phi) is 2.77. The highest BCUT2D eigenvalue weighted by molar-refractivity contribution is 5.80. The lowest BCUT2D eigenvalue weighted by atomic mass is 10.5. The standard InChI is InChI=1S/C9H12N5O/c1-2-15-4-3-14-6-13-7-8(10)11-5-12-9(7)14/h2,5-6H,3-4H2,1H3,(H2,10,11,12). The summed E-state index contributed by atoms with van der Waals surface area (Å²) < 4.78 is 7.02. The molecule has 6 heteroatoms. The minimum atomic E-state index is 0.404. The first-order chi connectivity index (χ1) is 7.33. The molecule has 0 saturated carbocycles. The SMILES string of the molecule is C[CH]OCCn1cnc2c(N)ncnc21. The average Bonchev–Trinajstić information content (AvgIpc) is 2.64. The lowest BCUT2D eigenvalue weighted by Crippen LogP contribution is -2.04. The Morgan fingerprint density at radius 2 is 2.33 bits per heavy atom. The van der Waals surface area contributed by atoms with E-state index in [0.717, 1.165) is 5.65 Å². The summed E-state index contributed by atoms with van der Waals surface area (Å²) in [6.07, 6.45) is 3.12. The first-order valence-electron chi connectivity index (χ1n) is 4.63. The van der Waals surface area contributed by atoms with E-state index in [1.54, 1.807) is 12.9 Å². The minimum absolute atomic E-state index is 0.404. The van der Waals surface area contributed by atoms with Crippen molar-refractivity contribution in [3.05, 3.63) is 19.3 Å². The van der Waals surface area contributed by atoms with Crippen molar-refractivity contribution in [2.45, 2.75) is 13.5 Å². The number of nitrogens with zero attached hydrogens (tertiary/aromatic N) is 4. The van der Waals surface area contributed by atoms with E-state index in [1.807, 2.05) is 11.5 Å². The molecule has 0 aliphatic heterocycles. The van der Waals surface area contributed by atoms with Crippen LogP contribution in [0.1, 0.15) is 6.92 Å². The third-order valence-corrected chi connectivity index (χ3v) is 2.05. The molecular formula is C9H12N5O. The second kappa shape index (κ2) is 4.22. The van der Waals surface area contributed by atoms with Crippen LogP contribution >= 0.6 is 0 Å². The molecule has 1 radical (unpaired) electrons. The smallest absolute Gasteiger partial charge is 0.165 e. The summed E-state index contributed by atoms with van der Waals surface area (Å²) in [7, 11) is 0. The number of fused-ring (bicyclic) bond motifs is 1. The number of anilines is 1. The molecule has 2 heterocycles. The second-order valence-electron chi connectivity index (χ2n) is 2.98. The van der Waals surface area contributed by atoms with Crippen LogP contribution in [0.15, 0.2) is 12.7 Å². The molecule has 15 heavy (non-hydrogen) atoms. The summed E-state index contributed by atoms with van der Waals surface area (Å²) in [6, 6.07) is 0. The molecule has 6 nitrogen and oxygen atoms in total. The average molecular weight is 206 g/mol. The maximum Gasteiger partial charge on any atom is 0.165 e. The van der Waals surface area contributed by atoms with E-state index in [2.05, 4.69) is 15.0 Å². The van der Waals surface area contributed by atoms with Gasteiger partial charge in [-0.05, 0) is 6.92 Å². The molecule has 0 aromatic carbocycles. The van der Waals surface area contributed by atoms with Crippen LogP contribution < -0.4 is 5.73 Å². The second-order valence-corrected chi connectivity index (χ2v) is 2.98. The van der Waals surface area contributed by atoms with E-state index in [0.29, 0.717) is 24.5 Å². The summed E-state index contributed by atoms with van der Waals surface area (Å²) in [5.74, 6) is 0.404. The summed E-state index contributed by atoms with van der Waals surface area (Å²) >= 11 is 0. The van der Waals surface area contributed by atoms with Crippen LogP contribution in [0.5, 0.6) is 0 Å². The zero-order valence-electron chi connectivity index (χ0n) is 8.42. The van der Waals surface area contributed by atoms with Crippen molar-refractivity contribution < 1.29 is 4.74 Å². The van der Waals surface area contributed by atoms with E-state index in [9.17, 15) is 0 Å². The van der Waals surface area contributed by atoms with Gasteiger partial charge in [-0.1, -0.05) is 0 Å². The summed E-state index contributed by atoms with van der Waals surface area (Å²) in [5, 5.41) is 0. The minimum Gasteiger partial charge on any atom is -0.382 e. The normalized spacial score (nSPS) is 11.0. The van der Waals surface area contributed by atoms with E-state index in [4.69, 9.17) is 10.5 Å². The maximum absolute atomic E-state index is 5.66. The van der Waals surface area contributed by atoms with Gasteiger partial charge >= 0.3 is 0 Å². The highest BCUT2D eigenvalue weighted by Crippen LogP contribution is 2.13. The molecule has 0 atom stereocenters. The summed E-state index contributed by atoms with van der Waals surface area (Å²) in [5.41, 5.74) is 7.04. The third kappa shape index (κ3) is 1.89. The Labute approximate surface area is 87.1 Å². The lowest BCUT2D eigenvalue weighted by Gasteiger charge is -2.02. The van der Waals surface area contributed by atoms with Gasteiger partial charge in [-0.2, -0.15) is 0 Å². The number of hydrogen-bond acceptors (Lipinski definition) is 5. The molecule has 0 fully saturated rings. The first kappa shape index (κ1) is 9.85. The molecule has 0 bridgehead atoms. The van der Waals surface area contributed by atoms with Crippen LogP contribution in [0.25, 0.3) is 11.2 Å². The van der Waals surface area contributed by atoms with Gasteiger partial charge in [0.15, 0.2) is 11.5 Å². The first-order valence-corrected chi connectivity index (χ1v) is 4.63. The summed E-state index contributed by atoms with van der Waals surface area (Å²) in [6.45, 7) is 4.78. The van der Waals surface area contributed by atoms with Gasteiger partial charge in [-0.25, -0.2) is 15.0 Å². The predicted molar refractivity (Wildman–Crippen MR) is 55.7 cm³/mol. The number of rotatable bonds is 4. The number of ether oxygens (including phenoxy) is 1. The molecule has 0 spiro atoms. The highest BCUT2D eigenvalue weighted by Gasteiger charge is 2.06. The third-order valence-electron chi connectivity index (χ3n) is 2.05. The largest absolute Gasteiger partial charge is 0.382 e. The molecule has 0 aliphatic rings. The van der Waals surface area contributed by atoms with Gasteiger partial charge in [0, 0.05) is 6.54 Å². The van der Waals surface area contributed by atoms with Crippen LogP contribution in [-0.2, 0) is 11.3 Å². The van der Waals surface area contributed by atoms with Gasteiger partial charge in [-0.15, -0.1) is 0 Å². The summed E-state index contributed by atoms with van der Waals surface area (Å²) in [4.78, 5) is 12.1. The Hall–Kier alpha value is -1.69. The molecular weight excluding hydrogens is 194 g/mol. The van der Waals surface area contributed by atoms with Gasteiger partial charge in [0.25, 0.3) is 0 Å². The molecule has 79 valence electrons. The topological polar surface area (TPSA) is 78.9 Å². The molecule has 0 unspecified atom stereocenters. The quantitative estimate of drug-likeness (QED) is 0.741. The van der Waals surface area contributed by atoms with Gasteiger partial charge in [-0.3, -0.25) is 0 Å². The molecule has 0 aliphatic carbocycles. The Balaban J connectivity index is 2.25. The van der Waals surface area contributed by atoms with E-state index < -0.39 is 0 Å². The zero-order valence-corrected chi connectivity index (χ0v) is 8.42. The lowest BCUT2D eigenvalue weighted by molar-refractivity contribution is 0.194. The molecule has 2 aromatic rings. The van der Waals surface area contributed by atoms with Crippen molar-refractivity contribution in [3.63, 3.8) is 0 Å². The van der Waals surface area contributed by atoms with Crippen LogP contribution in [0.3, 0.4) is 0 Å². The number of hydrogen-bond donors (Lipinski definition) is 1. The van der Waals surface area contributed by atoms with E-state index in [1.165, 1.54) is 6.33 Å². The van der Waals surface area contributed by atoms with Crippen LogP contribution in [0.4, 0.5) is 5.82 Å². The molecule has 2 rings (SSSR count). The fraction of sp³-hybridized carbons (Fsp3) is 0.333. The highest BCUT2D eigenvalue weighted by atomic mass is 16.5. The van der Waals surface area contributed by atoms with Gasteiger partial charge in [0.1, 0.15) is 11.8 Å². The van der Waals surface area contributed by atoms with Crippen LogP contribution in [-0.4, -0.2) is 26.1 Å². The number of imidazole rings is 1. The van der Waals surface area contributed by atoms with Crippen molar-refractivity contribution in [3.8, 4) is 0 Å². The van der Waals surface area contributed by atoms with Crippen molar-refractivity contribution in [1.29, 1.82) is 0 Å². The fourth-order valence-electron chi connectivity index (χ4n) is 1.33. The molecule has 0 amide bonds. The van der Waals surface area contributed by atoms with Gasteiger partial charge < -0.3 is 15.0 Å². The van der Waals surface area contributed by atoms with Crippen molar-refractivity contribution in [2.75, 3.05) is 12.3 Å². The van der Waals surface area contributed by atoms with Crippen molar-refractivity contribution >= 4 is 17.0 Å². The predicted octanol–water partition coefficient (Wildman–Crippen LogP) is 0.607. The Morgan fingerprint density at radius 3 is 3.13 bits per heavy atom. The molecule has 2 aromatic heterocycles. The van der Waals surface area contributed by atoms with Crippen LogP contribution in [0, 0.1) is 6.61 Å². The maximum atomic E-state index is 5.66. The zero-order chi connectivity index (χ0) is 10.7. The fourth-order valence-corrected chi connectivity index (χ4v) is 1.33. The molecule has 2 N–H and O–H groups in total. The Bertz CT molecular complexity index is 453. The van der Waals surface area contributed by atoms with Gasteiger partial charge in [0.2, 0.25) is 0 Å². The van der Waals surface area contributed by atoms with Crippen molar-refractivity contribution in [2.24, 2.45) is 0 Å². The number of nitrogens with two attached hydrogens (primary N) is 1. The number of nitrogen functional groups attached to an aromatic ring is 1. The molecule has 0 saturated heterocycles. The van der Waals surface area contributed by atoms with E-state index in [-0.39, 0.29) is 0 Å². The monoisotopic (exact) mass is 206 g/mol. The number of aromatic nitrogens is 4. The van der Waals surface area contributed by atoms with Crippen molar-refractivity contribution in [1.82, 2.24) is 19.5 Å². The van der Waals surface area contributed by atoms with E-state index >= 15 is 0 Å². The van der Waals surface area contributed by atoms with Crippen LogP contribution in [0.2, 0.25) is 0 Å². The van der Waals surface area contributed by atoms with Gasteiger partial charge in [0.05, 0.1) is 19.5 Å².